The van der Waals surface area contributed by atoms with Crippen molar-refractivity contribution in [1.29, 1.82) is 0 Å². The van der Waals surface area contributed by atoms with Crippen LogP contribution in [0.3, 0.4) is 0 Å². The maximum absolute atomic E-state index is 4.65. The van der Waals surface area contributed by atoms with E-state index in [9.17, 15) is 0 Å². The van der Waals surface area contributed by atoms with Crippen molar-refractivity contribution in [3.05, 3.63) is 48.8 Å². The Morgan fingerprint density at radius 3 is 2.74 bits per heavy atom. The fourth-order valence-electron chi connectivity index (χ4n) is 2.02. The summed E-state index contributed by atoms with van der Waals surface area (Å²) >= 11 is 0. The molecule has 4 heteroatoms. The summed E-state index contributed by atoms with van der Waals surface area (Å²) < 4.78 is 0. The van der Waals surface area contributed by atoms with Crippen LogP contribution in [-0.4, -0.2) is 21.5 Å². The van der Waals surface area contributed by atoms with E-state index in [-0.39, 0.29) is 0 Å². The molecule has 0 bridgehead atoms. The zero-order chi connectivity index (χ0) is 13.1. The van der Waals surface area contributed by atoms with Crippen LogP contribution in [0.5, 0.6) is 0 Å². The van der Waals surface area contributed by atoms with Gasteiger partial charge in [0.05, 0.1) is 11.2 Å². The molecule has 0 amide bonds. The van der Waals surface area contributed by atoms with Gasteiger partial charge in [0.1, 0.15) is 5.69 Å². The van der Waals surface area contributed by atoms with Crippen LogP contribution in [0.1, 0.15) is 6.92 Å². The number of pyridine rings is 1. The van der Waals surface area contributed by atoms with Crippen molar-refractivity contribution in [1.82, 2.24) is 15.0 Å². The maximum atomic E-state index is 4.65. The lowest BCUT2D eigenvalue weighted by atomic mass is 10.2. The van der Waals surface area contributed by atoms with Gasteiger partial charge in [0.15, 0.2) is 5.82 Å². The highest BCUT2D eigenvalue weighted by Crippen LogP contribution is 2.23. The molecule has 0 radical (unpaired) electrons. The van der Waals surface area contributed by atoms with Gasteiger partial charge in [-0.25, -0.2) is 15.0 Å². The molecular formula is C15H14N4. The van der Waals surface area contributed by atoms with Gasteiger partial charge in [-0.2, -0.15) is 0 Å². The Bertz CT molecular complexity index is 709. The Labute approximate surface area is 111 Å². The number of para-hydroxylation sites is 1. The molecule has 94 valence electrons. The highest BCUT2D eigenvalue weighted by Gasteiger charge is 2.08. The molecule has 0 saturated carbocycles. The molecule has 0 unspecified atom stereocenters. The molecule has 1 N–H and O–H groups in total. The maximum Gasteiger partial charge on any atom is 0.154 e. The summed E-state index contributed by atoms with van der Waals surface area (Å²) in [5, 5.41) is 4.33. The topological polar surface area (TPSA) is 50.7 Å². The number of anilines is 1. The molecule has 0 saturated heterocycles. The molecule has 3 aromatic rings. The summed E-state index contributed by atoms with van der Waals surface area (Å²) in [6.45, 7) is 2.84. The predicted molar refractivity (Wildman–Crippen MR) is 76.9 cm³/mol. The minimum absolute atomic E-state index is 0.771. The molecule has 1 aromatic carbocycles. The van der Waals surface area contributed by atoms with Gasteiger partial charge in [-0.15, -0.1) is 0 Å². The summed E-state index contributed by atoms with van der Waals surface area (Å²) in [4.78, 5) is 13.3. The first kappa shape index (κ1) is 11.6. The third kappa shape index (κ3) is 2.25. The van der Waals surface area contributed by atoms with E-state index in [0.717, 1.165) is 34.7 Å². The minimum Gasteiger partial charge on any atom is -0.368 e. The zero-order valence-corrected chi connectivity index (χ0v) is 10.7. The molecule has 0 aliphatic heterocycles. The van der Waals surface area contributed by atoms with Gasteiger partial charge < -0.3 is 5.32 Å². The summed E-state index contributed by atoms with van der Waals surface area (Å²) in [5.41, 5.74) is 2.59. The number of aromatic nitrogens is 3. The Hall–Kier alpha value is -2.49. The second-order valence-electron chi connectivity index (χ2n) is 4.17. The van der Waals surface area contributed by atoms with Crippen LogP contribution in [0.2, 0.25) is 0 Å². The average molecular weight is 250 g/mol. The first-order valence-corrected chi connectivity index (χ1v) is 6.29. The van der Waals surface area contributed by atoms with Crippen LogP contribution in [0, 0.1) is 0 Å². The first-order valence-electron chi connectivity index (χ1n) is 6.29. The monoisotopic (exact) mass is 250 g/mol. The van der Waals surface area contributed by atoms with Gasteiger partial charge >= 0.3 is 0 Å². The lowest BCUT2D eigenvalue weighted by molar-refractivity contribution is 1.12. The Kier molecular flexibility index (Phi) is 3.06. The van der Waals surface area contributed by atoms with E-state index >= 15 is 0 Å². The number of hydrogen-bond acceptors (Lipinski definition) is 4. The Balaban J connectivity index is 2.13. The normalized spacial score (nSPS) is 10.6. The van der Waals surface area contributed by atoms with Crippen molar-refractivity contribution in [3.8, 4) is 11.4 Å². The molecule has 0 atom stereocenters. The van der Waals surface area contributed by atoms with E-state index in [4.69, 9.17) is 0 Å². The number of hydrogen-bond donors (Lipinski definition) is 1. The van der Waals surface area contributed by atoms with Crippen LogP contribution in [-0.2, 0) is 0 Å². The molecule has 0 aliphatic carbocycles. The Morgan fingerprint density at radius 1 is 1.00 bits per heavy atom. The number of fused-ring (bicyclic) bond motifs is 1. The van der Waals surface area contributed by atoms with Crippen LogP contribution in [0.25, 0.3) is 22.3 Å². The highest BCUT2D eigenvalue weighted by atomic mass is 15.0. The second-order valence-corrected chi connectivity index (χ2v) is 4.17. The van der Waals surface area contributed by atoms with E-state index in [1.165, 1.54) is 0 Å². The molecule has 4 nitrogen and oxygen atoms in total. The summed E-state index contributed by atoms with van der Waals surface area (Å²) in [5.74, 6) is 0.771. The van der Waals surface area contributed by atoms with Crippen molar-refractivity contribution in [2.45, 2.75) is 6.92 Å². The number of rotatable bonds is 3. The average Bonchev–Trinajstić information content (AvgIpc) is 2.48. The van der Waals surface area contributed by atoms with Gasteiger partial charge in [0.2, 0.25) is 0 Å². The van der Waals surface area contributed by atoms with Crippen molar-refractivity contribution >= 4 is 16.7 Å². The largest absolute Gasteiger partial charge is 0.368 e. The molecule has 3 rings (SSSR count). The van der Waals surface area contributed by atoms with Crippen molar-refractivity contribution < 1.29 is 0 Å². The van der Waals surface area contributed by atoms with Gasteiger partial charge in [0, 0.05) is 24.3 Å². The van der Waals surface area contributed by atoms with Crippen LogP contribution >= 0.6 is 0 Å². The lowest BCUT2D eigenvalue weighted by Gasteiger charge is -2.08. The number of benzene rings is 1. The zero-order valence-electron chi connectivity index (χ0n) is 10.7. The van der Waals surface area contributed by atoms with E-state index in [1.54, 1.807) is 12.4 Å². The van der Waals surface area contributed by atoms with Gasteiger partial charge in [0.25, 0.3) is 0 Å². The van der Waals surface area contributed by atoms with Crippen molar-refractivity contribution in [2.24, 2.45) is 0 Å². The van der Waals surface area contributed by atoms with Crippen molar-refractivity contribution in [2.75, 3.05) is 11.9 Å². The molecule has 0 spiro atoms. The second kappa shape index (κ2) is 5.02. The molecular weight excluding hydrogens is 236 g/mol. The standard InChI is InChI=1S/C15H14N4/c1-2-16-15-14(17-9-10-18-15)13-8-7-11-5-3-4-6-12(11)19-13/h3-10H,2H2,1H3,(H,16,18). The summed E-state index contributed by atoms with van der Waals surface area (Å²) in [7, 11) is 0. The highest BCUT2D eigenvalue weighted by molar-refractivity contribution is 5.82. The molecule has 2 aromatic heterocycles. The SMILES string of the molecule is CCNc1nccnc1-c1ccc2ccccc2n1. The lowest BCUT2D eigenvalue weighted by Crippen LogP contribution is -2.03. The van der Waals surface area contributed by atoms with E-state index < -0.39 is 0 Å². The van der Waals surface area contributed by atoms with E-state index in [1.807, 2.05) is 37.3 Å². The quantitative estimate of drug-likeness (QED) is 0.776. The number of nitrogens with one attached hydrogen (secondary N) is 1. The third-order valence-electron chi connectivity index (χ3n) is 2.88. The van der Waals surface area contributed by atoms with Crippen LogP contribution in [0.4, 0.5) is 5.82 Å². The number of nitrogens with zero attached hydrogens (tertiary/aromatic N) is 3. The van der Waals surface area contributed by atoms with Gasteiger partial charge in [-0.3, -0.25) is 0 Å². The third-order valence-corrected chi connectivity index (χ3v) is 2.88. The van der Waals surface area contributed by atoms with E-state index in [2.05, 4.69) is 26.3 Å². The van der Waals surface area contributed by atoms with Crippen LogP contribution in [0.15, 0.2) is 48.8 Å². The van der Waals surface area contributed by atoms with Gasteiger partial charge in [-0.1, -0.05) is 24.3 Å². The smallest absolute Gasteiger partial charge is 0.154 e. The minimum atomic E-state index is 0.771. The molecule has 0 aliphatic rings. The summed E-state index contributed by atoms with van der Waals surface area (Å²) in [6.07, 6.45) is 3.37. The van der Waals surface area contributed by atoms with Gasteiger partial charge in [-0.05, 0) is 19.1 Å². The molecule has 19 heavy (non-hydrogen) atoms. The van der Waals surface area contributed by atoms with Crippen LogP contribution < -0.4 is 5.32 Å². The fraction of sp³-hybridized carbons (Fsp3) is 0.133. The fourth-order valence-corrected chi connectivity index (χ4v) is 2.02. The van der Waals surface area contributed by atoms with E-state index in [0.29, 0.717) is 0 Å². The van der Waals surface area contributed by atoms with Crippen molar-refractivity contribution in [3.63, 3.8) is 0 Å². The predicted octanol–water partition coefficient (Wildman–Crippen LogP) is 3.12. The first-order chi connectivity index (χ1) is 9.38. The molecule has 0 fully saturated rings. The summed E-state index contributed by atoms with van der Waals surface area (Å²) in [6, 6.07) is 12.1. The molecule has 2 heterocycles. The Morgan fingerprint density at radius 2 is 1.84 bits per heavy atom.